The lowest BCUT2D eigenvalue weighted by atomic mass is 10.2. The van der Waals surface area contributed by atoms with Crippen molar-refractivity contribution in [2.45, 2.75) is 6.54 Å². The van der Waals surface area contributed by atoms with E-state index in [1.807, 2.05) is 35.2 Å². The molecule has 3 rings (SSSR count). The number of para-hydroxylation sites is 2. The third kappa shape index (κ3) is 3.37. The van der Waals surface area contributed by atoms with Crippen LogP contribution in [0.2, 0.25) is 0 Å². The van der Waals surface area contributed by atoms with Crippen molar-refractivity contribution in [1.29, 1.82) is 0 Å². The predicted molar refractivity (Wildman–Crippen MR) is 87.8 cm³/mol. The molecule has 0 unspecified atom stereocenters. The molecular weight excluding hydrogens is 305 g/mol. The SMILES string of the molecule is Cl.NCCN(Cc1ccccc1F)c1nc2ccccc2o1. The Morgan fingerprint density at radius 2 is 1.82 bits per heavy atom. The van der Waals surface area contributed by atoms with Gasteiger partial charge in [-0.15, -0.1) is 12.4 Å². The van der Waals surface area contributed by atoms with Crippen LogP contribution in [-0.2, 0) is 6.54 Å². The largest absolute Gasteiger partial charge is 0.423 e. The van der Waals surface area contributed by atoms with E-state index < -0.39 is 0 Å². The minimum Gasteiger partial charge on any atom is -0.423 e. The van der Waals surface area contributed by atoms with Crippen molar-refractivity contribution in [3.63, 3.8) is 0 Å². The van der Waals surface area contributed by atoms with Crippen LogP contribution in [0.25, 0.3) is 11.1 Å². The summed E-state index contributed by atoms with van der Waals surface area (Å²) in [5, 5.41) is 0. The average Bonchev–Trinajstić information content (AvgIpc) is 2.93. The van der Waals surface area contributed by atoms with Crippen LogP contribution < -0.4 is 10.6 Å². The van der Waals surface area contributed by atoms with Gasteiger partial charge in [0.15, 0.2) is 5.58 Å². The fraction of sp³-hybridized carbons (Fsp3) is 0.188. The normalized spacial score (nSPS) is 10.5. The van der Waals surface area contributed by atoms with E-state index >= 15 is 0 Å². The molecule has 1 heterocycles. The average molecular weight is 322 g/mol. The number of benzene rings is 2. The Kier molecular flexibility index (Phi) is 5.35. The second-order valence-electron chi connectivity index (χ2n) is 4.77. The van der Waals surface area contributed by atoms with Gasteiger partial charge in [-0.25, -0.2) is 4.39 Å². The van der Waals surface area contributed by atoms with Gasteiger partial charge in [-0.1, -0.05) is 30.3 Å². The number of halogens is 2. The molecule has 22 heavy (non-hydrogen) atoms. The second-order valence-corrected chi connectivity index (χ2v) is 4.77. The number of oxazole rings is 1. The van der Waals surface area contributed by atoms with Gasteiger partial charge >= 0.3 is 0 Å². The Labute approximate surface area is 134 Å². The van der Waals surface area contributed by atoms with Crippen LogP contribution in [0, 0.1) is 5.82 Å². The summed E-state index contributed by atoms with van der Waals surface area (Å²) in [6, 6.07) is 14.7. The van der Waals surface area contributed by atoms with Crippen molar-refractivity contribution in [3.05, 3.63) is 59.9 Å². The van der Waals surface area contributed by atoms with Gasteiger partial charge < -0.3 is 15.1 Å². The van der Waals surface area contributed by atoms with Gasteiger partial charge in [0.1, 0.15) is 11.3 Å². The van der Waals surface area contributed by atoms with E-state index in [2.05, 4.69) is 4.98 Å². The number of nitrogens with zero attached hydrogens (tertiary/aromatic N) is 2. The highest BCUT2D eigenvalue weighted by molar-refractivity contribution is 5.85. The number of hydrogen-bond acceptors (Lipinski definition) is 4. The zero-order chi connectivity index (χ0) is 14.7. The Bertz CT molecular complexity index is 714. The van der Waals surface area contributed by atoms with Gasteiger partial charge in [0.25, 0.3) is 6.01 Å². The molecular formula is C16H17ClFN3O. The third-order valence-corrected chi connectivity index (χ3v) is 3.27. The fourth-order valence-electron chi connectivity index (χ4n) is 2.23. The minimum absolute atomic E-state index is 0. The van der Waals surface area contributed by atoms with Crippen molar-refractivity contribution >= 4 is 29.5 Å². The summed E-state index contributed by atoms with van der Waals surface area (Å²) >= 11 is 0. The van der Waals surface area contributed by atoms with Crippen molar-refractivity contribution in [3.8, 4) is 0 Å². The molecule has 2 N–H and O–H groups in total. The van der Waals surface area contributed by atoms with E-state index in [-0.39, 0.29) is 18.2 Å². The van der Waals surface area contributed by atoms with E-state index in [1.165, 1.54) is 6.07 Å². The van der Waals surface area contributed by atoms with E-state index in [0.29, 0.717) is 36.8 Å². The fourth-order valence-corrected chi connectivity index (χ4v) is 2.23. The molecule has 116 valence electrons. The van der Waals surface area contributed by atoms with Crippen LogP contribution in [0.4, 0.5) is 10.4 Å². The molecule has 2 aromatic carbocycles. The van der Waals surface area contributed by atoms with Gasteiger partial charge in [0, 0.05) is 18.7 Å². The molecule has 0 aliphatic carbocycles. The van der Waals surface area contributed by atoms with E-state index in [1.54, 1.807) is 12.1 Å². The van der Waals surface area contributed by atoms with Crippen LogP contribution in [0.5, 0.6) is 0 Å². The molecule has 0 spiro atoms. The van der Waals surface area contributed by atoms with Gasteiger partial charge in [-0.2, -0.15) is 4.98 Å². The number of aromatic nitrogens is 1. The van der Waals surface area contributed by atoms with Crippen molar-refractivity contribution in [1.82, 2.24) is 4.98 Å². The smallest absolute Gasteiger partial charge is 0.298 e. The molecule has 4 nitrogen and oxygen atoms in total. The standard InChI is InChI=1S/C16H16FN3O.ClH/c17-13-6-2-1-5-12(13)11-20(10-9-18)16-19-14-7-3-4-8-15(14)21-16;/h1-8H,9-11,18H2;1H. The highest BCUT2D eigenvalue weighted by atomic mass is 35.5. The second kappa shape index (κ2) is 7.24. The van der Waals surface area contributed by atoms with E-state index in [9.17, 15) is 4.39 Å². The highest BCUT2D eigenvalue weighted by Crippen LogP contribution is 2.23. The molecule has 0 amide bonds. The first kappa shape index (κ1) is 16.3. The summed E-state index contributed by atoms with van der Waals surface area (Å²) in [5.41, 5.74) is 7.73. The molecule has 3 aromatic rings. The molecule has 0 atom stereocenters. The number of nitrogens with two attached hydrogens (primary N) is 1. The quantitative estimate of drug-likeness (QED) is 0.783. The first-order chi connectivity index (χ1) is 10.3. The number of fused-ring (bicyclic) bond motifs is 1. The van der Waals surface area contributed by atoms with E-state index in [4.69, 9.17) is 10.2 Å². The molecule has 0 bridgehead atoms. The lowest BCUT2D eigenvalue weighted by molar-refractivity contribution is 0.554. The number of rotatable bonds is 5. The van der Waals surface area contributed by atoms with Crippen LogP contribution in [0.15, 0.2) is 52.9 Å². The van der Waals surface area contributed by atoms with Gasteiger partial charge in [-0.05, 0) is 18.2 Å². The summed E-state index contributed by atoms with van der Waals surface area (Å²) < 4.78 is 19.5. The molecule has 0 fully saturated rings. The van der Waals surface area contributed by atoms with Crippen LogP contribution in [0.1, 0.15) is 5.56 Å². The van der Waals surface area contributed by atoms with Crippen LogP contribution >= 0.6 is 12.4 Å². The molecule has 0 aliphatic heterocycles. The summed E-state index contributed by atoms with van der Waals surface area (Å²) in [7, 11) is 0. The summed E-state index contributed by atoms with van der Waals surface area (Å²) in [6.45, 7) is 1.35. The maximum atomic E-state index is 13.8. The first-order valence-corrected chi connectivity index (χ1v) is 6.82. The molecule has 0 saturated heterocycles. The summed E-state index contributed by atoms with van der Waals surface area (Å²) in [5.74, 6) is -0.240. The molecule has 0 radical (unpaired) electrons. The molecule has 0 saturated carbocycles. The maximum absolute atomic E-state index is 13.8. The van der Waals surface area contributed by atoms with Gasteiger partial charge in [0.05, 0.1) is 6.54 Å². The van der Waals surface area contributed by atoms with E-state index in [0.717, 1.165) is 5.52 Å². The Morgan fingerprint density at radius 3 is 2.55 bits per heavy atom. The number of hydrogen-bond donors (Lipinski definition) is 1. The lowest BCUT2D eigenvalue weighted by Gasteiger charge is -2.19. The number of anilines is 1. The van der Waals surface area contributed by atoms with Crippen LogP contribution in [0.3, 0.4) is 0 Å². The van der Waals surface area contributed by atoms with Crippen molar-refractivity contribution in [2.24, 2.45) is 5.73 Å². The zero-order valence-electron chi connectivity index (χ0n) is 11.9. The van der Waals surface area contributed by atoms with Crippen molar-refractivity contribution in [2.75, 3.05) is 18.0 Å². The Morgan fingerprint density at radius 1 is 1.09 bits per heavy atom. The van der Waals surface area contributed by atoms with Crippen LogP contribution in [-0.4, -0.2) is 18.1 Å². The summed E-state index contributed by atoms with van der Waals surface area (Å²) in [4.78, 5) is 6.28. The predicted octanol–water partition coefficient (Wildman–Crippen LogP) is 3.35. The Balaban J connectivity index is 0.00000176. The Hall–Kier alpha value is -2.11. The minimum atomic E-state index is -0.240. The lowest BCUT2D eigenvalue weighted by Crippen LogP contribution is -2.29. The molecule has 0 aliphatic rings. The third-order valence-electron chi connectivity index (χ3n) is 3.27. The maximum Gasteiger partial charge on any atom is 0.298 e. The molecule has 6 heteroatoms. The highest BCUT2D eigenvalue weighted by Gasteiger charge is 2.15. The van der Waals surface area contributed by atoms with Crippen molar-refractivity contribution < 1.29 is 8.81 Å². The zero-order valence-corrected chi connectivity index (χ0v) is 12.7. The first-order valence-electron chi connectivity index (χ1n) is 6.82. The topological polar surface area (TPSA) is 55.3 Å². The summed E-state index contributed by atoms with van der Waals surface area (Å²) in [6.07, 6.45) is 0. The van der Waals surface area contributed by atoms with Gasteiger partial charge in [0.2, 0.25) is 0 Å². The monoisotopic (exact) mass is 321 g/mol. The molecule has 1 aromatic heterocycles. The van der Waals surface area contributed by atoms with Gasteiger partial charge in [-0.3, -0.25) is 0 Å².